The molecule has 2 aromatic rings. The van der Waals surface area contributed by atoms with Crippen LogP contribution in [0, 0.1) is 11.6 Å². The molecular formula is C21H20F2N2O4S. The van der Waals surface area contributed by atoms with Crippen molar-refractivity contribution in [3.8, 4) is 5.75 Å². The van der Waals surface area contributed by atoms with Crippen LogP contribution in [0.25, 0.3) is 6.08 Å². The van der Waals surface area contributed by atoms with E-state index in [1.54, 1.807) is 11.0 Å². The van der Waals surface area contributed by atoms with Gasteiger partial charge in [-0.1, -0.05) is 6.07 Å². The van der Waals surface area contributed by atoms with Crippen molar-refractivity contribution in [2.45, 2.75) is 11.3 Å². The summed E-state index contributed by atoms with van der Waals surface area (Å²) in [5.74, 6) is -1.66. The normalized spacial score (nSPS) is 17.2. The third kappa shape index (κ3) is 4.08. The van der Waals surface area contributed by atoms with E-state index in [0.717, 1.165) is 35.4 Å². The van der Waals surface area contributed by atoms with Crippen LogP contribution in [0.1, 0.15) is 11.1 Å². The van der Waals surface area contributed by atoms with Gasteiger partial charge in [0.05, 0.1) is 11.5 Å². The maximum Gasteiger partial charge on any atom is 0.246 e. The molecule has 0 atom stereocenters. The van der Waals surface area contributed by atoms with Crippen molar-refractivity contribution in [1.29, 1.82) is 0 Å². The minimum atomic E-state index is -3.95. The number of carbonyl (C=O) groups excluding carboxylic acids is 1. The molecule has 0 unspecified atom stereocenters. The Morgan fingerprint density at radius 2 is 1.77 bits per heavy atom. The van der Waals surface area contributed by atoms with Gasteiger partial charge in [-0.3, -0.25) is 4.79 Å². The van der Waals surface area contributed by atoms with Crippen molar-refractivity contribution in [1.82, 2.24) is 9.21 Å². The molecule has 0 N–H and O–H groups in total. The second-order valence-corrected chi connectivity index (χ2v) is 9.04. The second kappa shape index (κ2) is 8.16. The van der Waals surface area contributed by atoms with Crippen molar-refractivity contribution in [2.75, 3.05) is 32.8 Å². The first-order valence-electron chi connectivity index (χ1n) is 9.52. The van der Waals surface area contributed by atoms with Crippen LogP contribution in [-0.4, -0.2) is 56.3 Å². The number of hydrogen-bond donors (Lipinski definition) is 0. The standard InChI is InChI=1S/C21H20F2N2O4S/c22-18-4-3-17(14-19(18)23)30(27,28)25-10-8-24(9-11-25)21(26)6-2-15-1-5-20-16(13-15)7-12-29-20/h1-6,13-14H,7-12H2/b6-2+. The zero-order chi connectivity index (χ0) is 21.3. The average Bonchev–Trinajstić information content (AvgIpc) is 3.22. The van der Waals surface area contributed by atoms with Crippen LogP contribution in [-0.2, 0) is 21.2 Å². The predicted molar refractivity (Wildman–Crippen MR) is 106 cm³/mol. The Balaban J connectivity index is 1.38. The molecule has 0 aliphatic carbocycles. The Labute approximate surface area is 173 Å². The molecule has 0 radical (unpaired) electrons. The van der Waals surface area contributed by atoms with Crippen molar-refractivity contribution in [3.63, 3.8) is 0 Å². The number of sulfonamides is 1. The molecule has 1 saturated heterocycles. The summed E-state index contributed by atoms with van der Waals surface area (Å²) >= 11 is 0. The summed E-state index contributed by atoms with van der Waals surface area (Å²) in [5.41, 5.74) is 2.01. The number of benzene rings is 2. The minimum Gasteiger partial charge on any atom is -0.493 e. The molecule has 0 bridgehead atoms. The maximum absolute atomic E-state index is 13.4. The van der Waals surface area contributed by atoms with E-state index in [1.807, 2.05) is 18.2 Å². The van der Waals surface area contributed by atoms with Crippen LogP contribution in [0.3, 0.4) is 0 Å². The van der Waals surface area contributed by atoms with Gasteiger partial charge in [0.2, 0.25) is 15.9 Å². The molecule has 1 amide bonds. The molecule has 2 aliphatic rings. The van der Waals surface area contributed by atoms with Crippen LogP contribution >= 0.6 is 0 Å². The molecule has 9 heteroatoms. The smallest absolute Gasteiger partial charge is 0.246 e. The fourth-order valence-electron chi connectivity index (χ4n) is 3.52. The predicted octanol–water partition coefficient (Wildman–Crippen LogP) is 2.45. The lowest BCUT2D eigenvalue weighted by Gasteiger charge is -2.33. The molecule has 2 aromatic carbocycles. The minimum absolute atomic E-state index is 0.0804. The number of carbonyl (C=O) groups is 1. The molecular weight excluding hydrogens is 414 g/mol. The van der Waals surface area contributed by atoms with Gasteiger partial charge in [-0.05, 0) is 47.5 Å². The largest absolute Gasteiger partial charge is 0.493 e. The van der Waals surface area contributed by atoms with Gasteiger partial charge >= 0.3 is 0 Å². The van der Waals surface area contributed by atoms with E-state index in [2.05, 4.69) is 0 Å². The second-order valence-electron chi connectivity index (χ2n) is 7.10. The van der Waals surface area contributed by atoms with Gasteiger partial charge in [-0.25, -0.2) is 17.2 Å². The van der Waals surface area contributed by atoms with Gasteiger partial charge in [0.15, 0.2) is 11.6 Å². The highest BCUT2D eigenvalue weighted by atomic mass is 32.2. The van der Waals surface area contributed by atoms with Crippen LogP contribution in [0.4, 0.5) is 8.78 Å². The lowest BCUT2D eigenvalue weighted by Crippen LogP contribution is -2.50. The molecule has 1 fully saturated rings. The maximum atomic E-state index is 13.4. The molecule has 0 aromatic heterocycles. The third-order valence-electron chi connectivity index (χ3n) is 5.21. The van der Waals surface area contributed by atoms with Gasteiger partial charge in [0.1, 0.15) is 5.75 Å². The van der Waals surface area contributed by atoms with E-state index in [1.165, 1.54) is 10.4 Å². The fraction of sp³-hybridized carbons (Fsp3) is 0.286. The summed E-state index contributed by atoms with van der Waals surface area (Å²) in [7, 11) is -3.95. The molecule has 0 saturated carbocycles. The van der Waals surface area contributed by atoms with Crippen molar-refractivity contribution in [3.05, 3.63) is 65.2 Å². The Kier molecular flexibility index (Phi) is 5.57. The number of halogens is 2. The number of ether oxygens (including phenoxy) is 1. The number of amides is 1. The van der Waals surface area contributed by atoms with Gasteiger partial charge < -0.3 is 9.64 Å². The van der Waals surface area contributed by atoms with Crippen LogP contribution in [0.2, 0.25) is 0 Å². The summed E-state index contributed by atoms with van der Waals surface area (Å²) in [5, 5.41) is 0. The molecule has 0 spiro atoms. The zero-order valence-corrected chi connectivity index (χ0v) is 16.9. The molecule has 2 heterocycles. The monoisotopic (exact) mass is 434 g/mol. The molecule has 4 rings (SSSR count). The first-order valence-corrected chi connectivity index (χ1v) is 11.0. The van der Waals surface area contributed by atoms with Gasteiger partial charge in [0, 0.05) is 38.7 Å². The highest BCUT2D eigenvalue weighted by molar-refractivity contribution is 7.89. The van der Waals surface area contributed by atoms with E-state index >= 15 is 0 Å². The summed E-state index contributed by atoms with van der Waals surface area (Å²) in [6.45, 7) is 1.25. The summed E-state index contributed by atoms with van der Waals surface area (Å²) < 4.78 is 58.4. The van der Waals surface area contributed by atoms with E-state index in [4.69, 9.17) is 4.74 Å². The molecule has 158 valence electrons. The topological polar surface area (TPSA) is 66.9 Å². The number of nitrogens with zero attached hydrogens (tertiary/aromatic N) is 2. The van der Waals surface area contributed by atoms with E-state index in [0.29, 0.717) is 12.7 Å². The third-order valence-corrected chi connectivity index (χ3v) is 7.11. The van der Waals surface area contributed by atoms with Gasteiger partial charge in [-0.15, -0.1) is 0 Å². The molecule has 6 nitrogen and oxygen atoms in total. The summed E-state index contributed by atoms with van der Waals surface area (Å²) in [6, 6.07) is 8.24. The zero-order valence-electron chi connectivity index (χ0n) is 16.1. The van der Waals surface area contributed by atoms with Gasteiger partial charge in [-0.2, -0.15) is 4.31 Å². The van der Waals surface area contributed by atoms with Crippen molar-refractivity contribution in [2.24, 2.45) is 0 Å². The number of piperazine rings is 1. The van der Waals surface area contributed by atoms with Gasteiger partial charge in [0.25, 0.3) is 0 Å². The first kappa shape index (κ1) is 20.5. The van der Waals surface area contributed by atoms with Crippen LogP contribution < -0.4 is 4.74 Å². The molecule has 30 heavy (non-hydrogen) atoms. The number of hydrogen-bond acceptors (Lipinski definition) is 4. The highest BCUT2D eigenvalue weighted by Gasteiger charge is 2.30. The van der Waals surface area contributed by atoms with E-state index in [-0.39, 0.29) is 37.0 Å². The first-order chi connectivity index (χ1) is 14.3. The molecule has 2 aliphatic heterocycles. The van der Waals surface area contributed by atoms with Crippen LogP contribution in [0.5, 0.6) is 5.75 Å². The Hall–Kier alpha value is -2.78. The Bertz CT molecular complexity index is 1110. The van der Waals surface area contributed by atoms with Crippen molar-refractivity contribution < 1.29 is 26.7 Å². The van der Waals surface area contributed by atoms with E-state index < -0.39 is 21.7 Å². The average molecular weight is 434 g/mol. The lowest BCUT2D eigenvalue weighted by molar-refractivity contribution is -0.127. The number of fused-ring (bicyclic) bond motifs is 1. The van der Waals surface area contributed by atoms with E-state index in [9.17, 15) is 22.0 Å². The SMILES string of the molecule is O=C(/C=C/c1ccc2c(c1)CCO2)N1CCN(S(=O)(=O)c2ccc(F)c(F)c2)CC1. The fourth-order valence-corrected chi connectivity index (χ4v) is 4.95. The van der Waals surface area contributed by atoms with Crippen molar-refractivity contribution >= 4 is 22.0 Å². The Morgan fingerprint density at radius 1 is 1.00 bits per heavy atom. The lowest BCUT2D eigenvalue weighted by atomic mass is 10.1. The Morgan fingerprint density at radius 3 is 2.50 bits per heavy atom. The highest BCUT2D eigenvalue weighted by Crippen LogP contribution is 2.26. The number of rotatable bonds is 4. The quantitative estimate of drug-likeness (QED) is 0.694. The summed E-state index contributed by atoms with van der Waals surface area (Å²) in [4.78, 5) is 13.7. The summed E-state index contributed by atoms with van der Waals surface area (Å²) in [6.07, 6.45) is 4.04. The van der Waals surface area contributed by atoms with Crippen LogP contribution in [0.15, 0.2) is 47.4 Å².